The number of methoxy groups -OCH3 is 1. The average molecular weight is 324 g/mol. The van der Waals surface area contributed by atoms with Crippen molar-refractivity contribution >= 4 is 16.8 Å². The highest BCUT2D eigenvalue weighted by molar-refractivity contribution is 6.04. The Morgan fingerprint density at radius 3 is 2.67 bits per heavy atom. The summed E-state index contributed by atoms with van der Waals surface area (Å²) in [6.07, 6.45) is 3.40. The van der Waals surface area contributed by atoms with Gasteiger partial charge in [-0.25, -0.2) is 0 Å². The fourth-order valence-corrected chi connectivity index (χ4v) is 2.78. The molecule has 0 radical (unpaired) electrons. The van der Waals surface area contributed by atoms with Crippen molar-refractivity contribution < 1.29 is 18.7 Å². The van der Waals surface area contributed by atoms with Crippen LogP contribution in [0.25, 0.3) is 11.0 Å². The third kappa shape index (κ3) is 3.27. The van der Waals surface area contributed by atoms with Crippen LogP contribution in [0.5, 0.6) is 11.5 Å². The Hall–Kier alpha value is -2.75. The van der Waals surface area contributed by atoms with Crippen molar-refractivity contribution in [1.82, 2.24) is 0 Å². The summed E-state index contributed by atoms with van der Waals surface area (Å²) in [6, 6.07) is 13.8. The van der Waals surface area contributed by atoms with Crippen LogP contribution in [0.4, 0.5) is 0 Å². The number of carbonyl (C=O) groups is 1. The number of ketones is 1. The van der Waals surface area contributed by atoms with E-state index in [1.54, 1.807) is 25.5 Å². The molecule has 0 N–H and O–H groups in total. The van der Waals surface area contributed by atoms with E-state index in [0.29, 0.717) is 29.3 Å². The summed E-state index contributed by atoms with van der Waals surface area (Å²) in [5.74, 6) is 1.04. The summed E-state index contributed by atoms with van der Waals surface area (Å²) in [7, 11) is 1.55. The monoisotopic (exact) mass is 324 g/mol. The predicted molar refractivity (Wildman–Crippen MR) is 93.0 cm³/mol. The van der Waals surface area contributed by atoms with Gasteiger partial charge in [0.05, 0.1) is 30.9 Å². The van der Waals surface area contributed by atoms with Crippen LogP contribution in [0.15, 0.2) is 53.1 Å². The molecule has 0 bridgehead atoms. The van der Waals surface area contributed by atoms with Crippen LogP contribution in [0.2, 0.25) is 0 Å². The molecule has 0 saturated carbocycles. The van der Waals surface area contributed by atoms with Crippen molar-refractivity contribution in [3.8, 4) is 11.5 Å². The predicted octanol–water partition coefficient (Wildman–Crippen LogP) is 4.66. The van der Waals surface area contributed by atoms with Crippen molar-refractivity contribution in [3.05, 3.63) is 59.9 Å². The van der Waals surface area contributed by atoms with E-state index in [0.717, 1.165) is 18.2 Å². The number of aryl methyl sites for hydroxylation is 1. The molecular weight excluding hydrogens is 304 g/mol. The third-order valence-corrected chi connectivity index (χ3v) is 3.95. The summed E-state index contributed by atoms with van der Waals surface area (Å²) in [5, 5.41) is 0.753. The van der Waals surface area contributed by atoms with Gasteiger partial charge in [-0.2, -0.15) is 0 Å². The maximum Gasteiger partial charge on any atom is 0.179 e. The van der Waals surface area contributed by atoms with Crippen molar-refractivity contribution in [2.24, 2.45) is 0 Å². The van der Waals surface area contributed by atoms with Gasteiger partial charge in [0.2, 0.25) is 0 Å². The molecule has 0 aliphatic rings. The van der Waals surface area contributed by atoms with Crippen LogP contribution >= 0.6 is 0 Å². The maximum absolute atomic E-state index is 11.9. The smallest absolute Gasteiger partial charge is 0.179 e. The highest BCUT2D eigenvalue weighted by Gasteiger charge is 2.18. The van der Waals surface area contributed by atoms with E-state index in [9.17, 15) is 4.79 Å². The van der Waals surface area contributed by atoms with Gasteiger partial charge < -0.3 is 13.9 Å². The fraction of sp³-hybridized carbons (Fsp3) is 0.250. The van der Waals surface area contributed by atoms with E-state index in [4.69, 9.17) is 13.9 Å². The van der Waals surface area contributed by atoms with Gasteiger partial charge in [-0.15, -0.1) is 0 Å². The van der Waals surface area contributed by atoms with E-state index in [1.165, 1.54) is 12.5 Å². The molecule has 0 aliphatic heterocycles. The highest BCUT2D eigenvalue weighted by Crippen LogP contribution is 2.37. The fourth-order valence-electron chi connectivity index (χ4n) is 2.78. The van der Waals surface area contributed by atoms with E-state index in [2.05, 4.69) is 12.1 Å². The Morgan fingerprint density at radius 2 is 1.96 bits per heavy atom. The number of hydrogen-bond donors (Lipinski definition) is 0. The molecular formula is C20H20O4. The first-order chi connectivity index (χ1) is 11.7. The normalized spacial score (nSPS) is 10.8. The number of ether oxygens (including phenoxy) is 2. The number of furan rings is 1. The first kappa shape index (κ1) is 16.1. The van der Waals surface area contributed by atoms with Crippen molar-refractivity contribution in [3.63, 3.8) is 0 Å². The van der Waals surface area contributed by atoms with Crippen LogP contribution in [-0.2, 0) is 6.42 Å². The van der Waals surface area contributed by atoms with E-state index in [-0.39, 0.29) is 5.78 Å². The Kier molecular flexibility index (Phi) is 4.85. The van der Waals surface area contributed by atoms with Gasteiger partial charge in [-0.3, -0.25) is 4.79 Å². The van der Waals surface area contributed by atoms with E-state index < -0.39 is 0 Å². The molecule has 0 amide bonds. The summed E-state index contributed by atoms with van der Waals surface area (Å²) < 4.78 is 16.8. The molecule has 0 spiro atoms. The summed E-state index contributed by atoms with van der Waals surface area (Å²) >= 11 is 0. The summed E-state index contributed by atoms with van der Waals surface area (Å²) in [5.41, 5.74) is 2.39. The van der Waals surface area contributed by atoms with Gasteiger partial charge >= 0.3 is 0 Å². The summed E-state index contributed by atoms with van der Waals surface area (Å²) in [4.78, 5) is 11.9. The van der Waals surface area contributed by atoms with Gasteiger partial charge in [-0.1, -0.05) is 30.3 Å². The molecule has 1 heterocycles. The van der Waals surface area contributed by atoms with Crippen molar-refractivity contribution in [1.29, 1.82) is 0 Å². The molecule has 3 rings (SSSR count). The molecule has 4 heteroatoms. The first-order valence-electron chi connectivity index (χ1n) is 7.96. The molecule has 3 aromatic rings. The quantitative estimate of drug-likeness (QED) is 0.468. The highest BCUT2D eigenvalue weighted by atomic mass is 16.5. The lowest BCUT2D eigenvalue weighted by Crippen LogP contribution is -2.03. The average Bonchev–Trinajstić information content (AvgIpc) is 3.08. The number of rotatable bonds is 7. The first-order valence-corrected chi connectivity index (χ1v) is 7.96. The van der Waals surface area contributed by atoms with Crippen LogP contribution in [-0.4, -0.2) is 19.5 Å². The van der Waals surface area contributed by atoms with Crippen molar-refractivity contribution in [2.75, 3.05) is 13.7 Å². The van der Waals surface area contributed by atoms with Gasteiger partial charge in [0.25, 0.3) is 0 Å². The molecule has 0 saturated heterocycles. The molecule has 0 aliphatic carbocycles. The lowest BCUT2D eigenvalue weighted by molar-refractivity contribution is 0.101. The number of benzene rings is 2. The van der Waals surface area contributed by atoms with Gasteiger partial charge in [0.1, 0.15) is 5.75 Å². The zero-order valence-corrected chi connectivity index (χ0v) is 13.9. The molecule has 2 aromatic carbocycles. The SMILES string of the molecule is COc1c(C(C)=O)cc(OCCCc2ccccc2)c2occc12. The standard InChI is InChI=1S/C20H20O4/c1-14(21)17-13-18(20-16(10-12-24-20)19(17)22-2)23-11-6-9-15-7-4-3-5-8-15/h3-5,7-8,10,12-13H,6,9,11H2,1-2H3. The number of carbonyl (C=O) groups excluding carboxylic acids is 1. The topological polar surface area (TPSA) is 48.7 Å². The van der Waals surface area contributed by atoms with Crippen LogP contribution < -0.4 is 9.47 Å². The van der Waals surface area contributed by atoms with Crippen LogP contribution in [0.3, 0.4) is 0 Å². The second kappa shape index (κ2) is 7.21. The largest absolute Gasteiger partial charge is 0.495 e. The zero-order chi connectivity index (χ0) is 16.9. The van der Waals surface area contributed by atoms with E-state index >= 15 is 0 Å². The number of Topliss-reactive ketones (excluding diaryl/α,β-unsaturated/α-hetero) is 1. The number of hydrogen-bond acceptors (Lipinski definition) is 4. The molecule has 1 aromatic heterocycles. The lowest BCUT2D eigenvalue weighted by Gasteiger charge is -2.12. The van der Waals surface area contributed by atoms with E-state index in [1.807, 2.05) is 18.2 Å². The van der Waals surface area contributed by atoms with Crippen LogP contribution in [0, 0.1) is 0 Å². The Morgan fingerprint density at radius 1 is 1.17 bits per heavy atom. The van der Waals surface area contributed by atoms with Gasteiger partial charge in [0.15, 0.2) is 17.1 Å². The molecule has 0 atom stereocenters. The van der Waals surface area contributed by atoms with Crippen LogP contribution in [0.1, 0.15) is 29.3 Å². The Balaban J connectivity index is 1.77. The van der Waals surface area contributed by atoms with Crippen molar-refractivity contribution in [2.45, 2.75) is 19.8 Å². The van der Waals surface area contributed by atoms with Gasteiger partial charge in [-0.05, 0) is 37.5 Å². The second-order valence-electron chi connectivity index (χ2n) is 5.61. The lowest BCUT2D eigenvalue weighted by atomic mass is 10.1. The minimum absolute atomic E-state index is 0.0657. The van der Waals surface area contributed by atoms with Gasteiger partial charge in [0, 0.05) is 0 Å². The molecule has 0 fully saturated rings. The Bertz CT molecular complexity index is 833. The third-order valence-electron chi connectivity index (χ3n) is 3.95. The molecule has 124 valence electrons. The molecule has 4 nitrogen and oxygen atoms in total. The Labute approximate surface area is 141 Å². The minimum atomic E-state index is -0.0657. The molecule has 24 heavy (non-hydrogen) atoms. The number of fused-ring (bicyclic) bond motifs is 1. The second-order valence-corrected chi connectivity index (χ2v) is 5.61. The maximum atomic E-state index is 11.9. The summed E-state index contributed by atoms with van der Waals surface area (Å²) in [6.45, 7) is 2.07. The minimum Gasteiger partial charge on any atom is -0.495 e. The molecule has 0 unspecified atom stereocenters. The zero-order valence-electron chi connectivity index (χ0n) is 13.9.